The summed E-state index contributed by atoms with van der Waals surface area (Å²) in [6.45, 7) is 10.7. The van der Waals surface area contributed by atoms with Crippen LogP contribution in [0.25, 0.3) is 44.2 Å². The molecule has 2 amide bonds. The molecule has 3 heterocycles. The van der Waals surface area contributed by atoms with Crippen molar-refractivity contribution in [2.24, 2.45) is 23.7 Å². The topological polar surface area (TPSA) is 133 Å². The van der Waals surface area contributed by atoms with E-state index in [1.54, 1.807) is 0 Å². The van der Waals surface area contributed by atoms with Gasteiger partial charge < -0.3 is 24.9 Å². The highest BCUT2D eigenvalue weighted by atomic mass is 35.5. The van der Waals surface area contributed by atoms with E-state index >= 15 is 0 Å². The lowest BCUT2D eigenvalue weighted by molar-refractivity contribution is -0.135. The number of amides is 2. The van der Waals surface area contributed by atoms with E-state index in [9.17, 15) is 14.4 Å². The van der Waals surface area contributed by atoms with Crippen LogP contribution in [0.4, 0.5) is 4.79 Å². The molecule has 0 radical (unpaired) electrons. The summed E-state index contributed by atoms with van der Waals surface area (Å²) in [5.41, 5.74) is 5.50. The van der Waals surface area contributed by atoms with Crippen LogP contribution in [-0.4, -0.2) is 62.3 Å². The molecule has 0 bridgehead atoms. The number of aromatic amines is 2. The SMILES string of the molecule is COC(=O)N[C@H](C(=O)N1CCC[C@H]1c1ncc(-c2ccc3cc(-c4cc5nc([C@@H]6CCCC6C(=O)[C@@H](C)C(C)C)[nH]c5cc4Cl)ccc3c2)[nH]1)C(C)C.S.S.S.S. The van der Waals surface area contributed by atoms with Gasteiger partial charge in [0.15, 0.2) is 0 Å². The van der Waals surface area contributed by atoms with Crippen molar-refractivity contribution in [1.29, 1.82) is 0 Å². The summed E-state index contributed by atoms with van der Waals surface area (Å²) < 4.78 is 4.77. The number of likely N-dealkylation sites (tertiary alicyclic amines) is 1. The van der Waals surface area contributed by atoms with Crippen LogP contribution in [0.1, 0.15) is 90.3 Å². The van der Waals surface area contributed by atoms with E-state index in [-0.39, 0.29) is 89.6 Å². The number of nitrogens with one attached hydrogen (secondary N) is 3. The van der Waals surface area contributed by atoms with E-state index in [0.717, 1.165) is 87.9 Å². The zero-order chi connectivity index (χ0) is 37.6. The molecule has 1 aliphatic carbocycles. The van der Waals surface area contributed by atoms with Gasteiger partial charge in [0.05, 0.1) is 41.1 Å². The first kappa shape index (κ1) is 48.1. The number of carbonyl (C=O) groups excluding carboxylic acids is 3. The largest absolute Gasteiger partial charge is 0.453 e. The average molecular weight is 874 g/mol. The summed E-state index contributed by atoms with van der Waals surface area (Å²) in [6.07, 6.45) is 5.75. The Morgan fingerprint density at radius 2 is 1.53 bits per heavy atom. The summed E-state index contributed by atoms with van der Waals surface area (Å²) in [6, 6.07) is 15.7. The van der Waals surface area contributed by atoms with Crippen LogP contribution >= 0.6 is 65.6 Å². The van der Waals surface area contributed by atoms with Crippen LogP contribution in [-0.2, 0) is 14.3 Å². The number of benzene rings is 3. The Morgan fingerprint density at radius 3 is 2.19 bits per heavy atom. The standard InChI is InChI=1S/C42H49ClN6O4.4H2S/c1-22(2)24(5)38(50)29-9-7-10-30(29)39-45-33-19-31(32(43)20-34(33)46-39)27-14-12-26-18-28(15-13-25(26)17-27)35-21-44-40(47-35)36-11-8-16-49(36)41(51)37(23(3)4)48-42(52)53-6;;;;/h12-15,17-24,29-30,36-37H,7-11,16H2,1-6H3,(H,44,47)(H,45,46)(H,48,52);4*1H2/t24-,29?,30+,36-,37-;;;;/m0..../s1. The van der Waals surface area contributed by atoms with Crippen LogP contribution in [0.2, 0.25) is 5.02 Å². The van der Waals surface area contributed by atoms with Gasteiger partial charge in [-0.25, -0.2) is 14.8 Å². The Hall–Kier alpha value is -3.30. The third-order valence-electron chi connectivity index (χ3n) is 11.6. The van der Waals surface area contributed by atoms with Gasteiger partial charge >= 0.3 is 6.09 Å². The van der Waals surface area contributed by atoms with Gasteiger partial charge in [0.25, 0.3) is 0 Å². The van der Waals surface area contributed by atoms with Gasteiger partial charge in [-0.05, 0) is 78.1 Å². The number of Topliss-reactive ketones (excluding diaryl/α,β-unsaturated/α-hetero) is 1. The number of hydrogen-bond donors (Lipinski definition) is 3. The molecule has 2 aromatic heterocycles. The first-order valence-electron chi connectivity index (χ1n) is 18.9. The van der Waals surface area contributed by atoms with Crippen molar-refractivity contribution in [3.05, 3.63) is 71.4 Å². The zero-order valence-electron chi connectivity index (χ0n) is 33.3. The first-order chi connectivity index (χ1) is 25.4. The number of rotatable bonds is 10. The van der Waals surface area contributed by atoms with Crippen molar-refractivity contribution in [3.8, 4) is 22.4 Å². The number of H-pyrrole nitrogens is 2. The predicted octanol–water partition coefficient (Wildman–Crippen LogP) is 9.67. The van der Waals surface area contributed by atoms with Gasteiger partial charge in [-0.15, -0.1) is 0 Å². The molecule has 310 valence electrons. The molecule has 10 nitrogen and oxygen atoms in total. The molecular formula is C42H57ClN6O4S4. The third kappa shape index (κ3) is 9.78. The molecule has 2 aliphatic rings. The molecule has 5 atom stereocenters. The molecular weight excluding hydrogens is 816 g/mol. The number of imidazole rings is 2. The maximum atomic E-state index is 13.6. The molecule has 1 saturated carbocycles. The minimum absolute atomic E-state index is 0. The second-order valence-electron chi connectivity index (χ2n) is 15.6. The van der Waals surface area contributed by atoms with Crippen molar-refractivity contribution < 1.29 is 19.1 Å². The number of aromatic nitrogens is 4. The quantitative estimate of drug-likeness (QED) is 0.128. The monoisotopic (exact) mass is 872 g/mol. The number of alkyl carbamates (subject to hydrolysis) is 1. The lowest BCUT2D eigenvalue weighted by Crippen LogP contribution is -2.51. The Bertz CT molecular complexity index is 2190. The molecule has 5 aromatic rings. The van der Waals surface area contributed by atoms with E-state index in [1.165, 1.54) is 7.11 Å². The number of hydrogen-bond acceptors (Lipinski definition) is 6. The minimum Gasteiger partial charge on any atom is -0.453 e. The third-order valence-corrected chi connectivity index (χ3v) is 11.9. The molecule has 1 unspecified atom stereocenters. The molecule has 3 N–H and O–H groups in total. The Morgan fingerprint density at radius 1 is 0.842 bits per heavy atom. The molecule has 2 fully saturated rings. The van der Waals surface area contributed by atoms with Crippen molar-refractivity contribution in [3.63, 3.8) is 0 Å². The van der Waals surface area contributed by atoms with Gasteiger partial charge in [-0.1, -0.05) is 76.9 Å². The van der Waals surface area contributed by atoms with Gasteiger partial charge in [-0.2, -0.15) is 54.0 Å². The fourth-order valence-electron chi connectivity index (χ4n) is 8.17. The lowest BCUT2D eigenvalue weighted by Gasteiger charge is -2.30. The summed E-state index contributed by atoms with van der Waals surface area (Å²) in [4.78, 5) is 57.4. The lowest BCUT2D eigenvalue weighted by atomic mass is 9.81. The van der Waals surface area contributed by atoms with Gasteiger partial charge in [0.1, 0.15) is 23.5 Å². The van der Waals surface area contributed by atoms with Gasteiger partial charge in [0, 0.05) is 35.4 Å². The number of nitrogens with zero attached hydrogens (tertiary/aromatic N) is 3. The Balaban J connectivity index is 0.00000218. The summed E-state index contributed by atoms with van der Waals surface area (Å²) in [7, 11) is 1.30. The van der Waals surface area contributed by atoms with E-state index in [4.69, 9.17) is 26.3 Å². The number of halogens is 1. The van der Waals surface area contributed by atoms with Crippen LogP contribution in [0, 0.1) is 23.7 Å². The van der Waals surface area contributed by atoms with E-state index in [2.05, 4.69) is 72.5 Å². The Kier molecular flexibility index (Phi) is 17.0. The van der Waals surface area contributed by atoms with Crippen LogP contribution in [0.15, 0.2) is 54.7 Å². The Labute approximate surface area is 368 Å². The summed E-state index contributed by atoms with van der Waals surface area (Å²) >= 11 is 6.90. The zero-order valence-corrected chi connectivity index (χ0v) is 38.1. The smallest absolute Gasteiger partial charge is 0.407 e. The number of fused-ring (bicyclic) bond motifs is 2. The second kappa shape index (κ2) is 20.1. The molecule has 3 aromatic carbocycles. The first-order valence-corrected chi connectivity index (χ1v) is 19.3. The molecule has 57 heavy (non-hydrogen) atoms. The average Bonchev–Trinajstić information content (AvgIpc) is 3.98. The van der Waals surface area contributed by atoms with Crippen LogP contribution < -0.4 is 5.32 Å². The molecule has 0 spiro atoms. The number of ether oxygens (including phenoxy) is 1. The van der Waals surface area contributed by atoms with E-state index in [1.807, 2.05) is 37.1 Å². The molecule has 15 heteroatoms. The number of ketones is 1. The van der Waals surface area contributed by atoms with Crippen LogP contribution in [0.3, 0.4) is 0 Å². The van der Waals surface area contributed by atoms with Crippen molar-refractivity contribution >= 4 is 105 Å². The fourth-order valence-corrected chi connectivity index (χ4v) is 8.44. The maximum Gasteiger partial charge on any atom is 0.407 e. The number of methoxy groups -OCH3 is 1. The van der Waals surface area contributed by atoms with Crippen molar-refractivity contribution in [1.82, 2.24) is 30.2 Å². The molecule has 1 saturated heterocycles. The van der Waals surface area contributed by atoms with Crippen molar-refractivity contribution in [2.45, 2.75) is 84.7 Å². The fraction of sp³-hybridized carbons (Fsp3) is 0.452. The highest BCUT2D eigenvalue weighted by Gasteiger charge is 2.39. The van der Waals surface area contributed by atoms with Crippen LogP contribution in [0.5, 0.6) is 0 Å². The maximum absolute atomic E-state index is 13.6. The molecule has 7 rings (SSSR count). The minimum atomic E-state index is -0.684. The van der Waals surface area contributed by atoms with Crippen molar-refractivity contribution in [2.75, 3.05) is 13.7 Å². The highest BCUT2D eigenvalue weighted by molar-refractivity contribution is 7.59. The molecule has 1 aliphatic heterocycles. The normalized spacial score (nSPS) is 18.7. The highest BCUT2D eigenvalue weighted by Crippen LogP contribution is 2.42. The van der Waals surface area contributed by atoms with E-state index in [0.29, 0.717) is 23.3 Å². The van der Waals surface area contributed by atoms with E-state index < -0.39 is 12.1 Å². The summed E-state index contributed by atoms with van der Waals surface area (Å²) in [5, 5.41) is 5.49. The van der Waals surface area contributed by atoms with Gasteiger partial charge in [-0.3, -0.25) is 9.59 Å². The number of carbonyl (C=O) groups is 3. The second-order valence-corrected chi connectivity index (χ2v) is 16.0. The van der Waals surface area contributed by atoms with Gasteiger partial charge in [0.2, 0.25) is 5.91 Å². The predicted molar refractivity (Wildman–Crippen MR) is 250 cm³/mol. The summed E-state index contributed by atoms with van der Waals surface area (Å²) in [5.74, 6) is 2.20.